The standard InChI is InChI=1S/C12H26N2O/c1-7-10(8-2)13-11(9(3)4)12(15)14(5)6/h9-11,13H,7-8H2,1-6H3. The van der Waals surface area contributed by atoms with E-state index in [9.17, 15) is 4.79 Å². The Bertz CT molecular complexity index is 186. The molecule has 0 bridgehead atoms. The molecular formula is C12H26N2O. The minimum Gasteiger partial charge on any atom is -0.347 e. The summed E-state index contributed by atoms with van der Waals surface area (Å²) in [4.78, 5) is 13.6. The van der Waals surface area contributed by atoms with Crippen LogP contribution in [0, 0.1) is 5.92 Å². The molecule has 0 radical (unpaired) electrons. The van der Waals surface area contributed by atoms with E-state index < -0.39 is 0 Å². The highest BCUT2D eigenvalue weighted by Gasteiger charge is 2.25. The number of rotatable bonds is 6. The lowest BCUT2D eigenvalue weighted by Gasteiger charge is -2.28. The molecule has 0 aromatic heterocycles. The van der Waals surface area contributed by atoms with E-state index in [1.807, 2.05) is 14.1 Å². The van der Waals surface area contributed by atoms with Crippen LogP contribution < -0.4 is 5.32 Å². The Morgan fingerprint density at radius 2 is 1.67 bits per heavy atom. The molecule has 0 fully saturated rings. The molecule has 0 aromatic rings. The van der Waals surface area contributed by atoms with Crippen LogP contribution in [0.1, 0.15) is 40.5 Å². The van der Waals surface area contributed by atoms with Gasteiger partial charge in [0, 0.05) is 20.1 Å². The quantitative estimate of drug-likeness (QED) is 0.732. The van der Waals surface area contributed by atoms with Crippen LogP contribution in [-0.4, -0.2) is 37.0 Å². The predicted octanol–water partition coefficient (Wildman–Crippen LogP) is 1.88. The van der Waals surface area contributed by atoms with Crippen molar-refractivity contribution in [3.8, 4) is 0 Å². The smallest absolute Gasteiger partial charge is 0.239 e. The van der Waals surface area contributed by atoms with Crippen LogP contribution in [0.3, 0.4) is 0 Å². The van der Waals surface area contributed by atoms with Gasteiger partial charge in [0.1, 0.15) is 0 Å². The van der Waals surface area contributed by atoms with Crippen LogP contribution in [0.5, 0.6) is 0 Å². The van der Waals surface area contributed by atoms with Crippen LogP contribution in [0.2, 0.25) is 0 Å². The lowest BCUT2D eigenvalue weighted by molar-refractivity contribution is -0.132. The lowest BCUT2D eigenvalue weighted by atomic mass is 10.0. The van der Waals surface area contributed by atoms with Crippen molar-refractivity contribution >= 4 is 5.91 Å². The van der Waals surface area contributed by atoms with E-state index >= 15 is 0 Å². The number of hydrogen-bond acceptors (Lipinski definition) is 2. The summed E-state index contributed by atoms with van der Waals surface area (Å²) in [6, 6.07) is 0.395. The van der Waals surface area contributed by atoms with E-state index in [2.05, 4.69) is 33.0 Å². The lowest BCUT2D eigenvalue weighted by Crippen LogP contribution is -2.50. The molecule has 1 amide bonds. The molecule has 1 atom stereocenters. The Hall–Kier alpha value is -0.570. The summed E-state index contributed by atoms with van der Waals surface area (Å²) in [6.07, 6.45) is 2.14. The first kappa shape index (κ1) is 14.4. The van der Waals surface area contributed by atoms with E-state index in [1.54, 1.807) is 4.90 Å². The molecular weight excluding hydrogens is 188 g/mol. The first-order valence-electron chi connectivity index (χ1n) is 5.91. The van der Waals surface area contributed by atoms with Gasteiger partial charge in [-0.15, -0.1) is 0 Å². The van der Waals surface area contributed by atoms with Gasteiger partial charge in [0.05, 0.1) is 6.04 Å². The molecule has 1 unspecified atom stereocenters. The minimum atomic E-state index is -0.0510. The van der Waals surface area contributed by atoms with E-state index in [4.69, 9.17) is 0 Å². The second-order valence-electron chi connectivity index (χ2n) is 4.63. The van der Waals surface area contributed by atoms with Gasteiger partial charge in [0.2, 0.25) is 5.91 Å². The number of likely N-dealkylation sites (N-methyl/N-ethyl adjacent to an activating group) is 1. The van der Waals surface area contributed by atoms with Crippen molar-refractivity contribution in [3.05, 3.63) is 0 Å². The minimum absolute atomic E-state index is 0.0510. The number of nitrogens with zero attached hydrogens (tertiary/aromatic N) is 1. The Balaban J connectivity index is 4.46. The third-order valence-corrected chi connectivity index (χ3v) is 2.77. The van der Waals surface area contributed by atoms with Gasteiger partial charge in [-0.2, -0.15) is 0 Å². The Morgan fingerprint density at radius 1 is 1.20 bits per heavy atom. The Morgan fingerprint density at radius 3 is 1.93 bits per heavy atom. The molecule has 0 heterocycles. The first-order valence-corrected chi connectivity index (χ1v) is 5.91. The molecule has 0 aliphatic heterocycles. The SMILES string of the molecule is CCC(CC)NC(C(=O)N(C)C)C(C)C. The van der Waals surface area contributed by atoms with Gasteiger partial charge in [-0.05, 0) is 18.8 Å². The molecule has 0 spiro atoms. The number of carbonyl (C=O) groups excluding carboxylic acids is 1. The Kier molecular flexibility index (Phi) is 6.57. The number of amides is 1. The molecule has 15 heavy (non-hydrogen) atoms. The maximum Gasteiger partial charge on any atom is 0.239 e. The highest BCUT2D eigenvalue weighted by molar-refractivity contribution is 5.81. The highest BCUT2D eigenvalue weighted by Crippen LogP contribution is 2.08. The van der Waals surface area contributed by atoms with Gasteiger partial charge >= 0.3 is 0 Å². The van der Waals surface area contributed by atoms with Crippen LogP contribution in [0.25, 0.3) is 0 Å². The first-order chi connectivity index (χ1) is 6.93. The van der Waals surface area contributed by atoms with Gasteiger partial charge in [-0.3, -0.25) is 4.79 Å². The zero-order chi connectivity index (χ0) is 12.0. The summed E-state index contributed by atoms with van der Waals surface area (Å²) in [5, 5.41) is 3.44. The molecule has 0 aromatic carbocycles. The maximum absolute atomic E-state index is 11.9. The van der Waals surface area contributed by atoms with Crippen LogP contribution in [0.15, 0.2) is 0 Å². The van der Waals surface area contributed by atoms with Gasteiger partial charge in [0.15, 0.2) is 0 Å². The van der Waals surface area contributed by atoms with Crippen LogP contribution in [-0.2, 0) is 4.79 Å². The van der Waals surface area contributed by atoms with Crippen molar-refractivity contribution in [3.63, 3.8) is 0 Å². The van der Waals surface area contributed by atoms with Crippen LogP contribution in [0.4, 0.5) is 0 Å². The molecule has 3 heteroatoms. The molecule has 0 saturated carbocycles. The molecule has 0 aliphatic rings. The number of carbonyl (C=O) groups is 1. The largest absolute Gasteiger partial charge is 0.347 e. The third-order valence-electron chi connectivity index (χ3n) is 2.77. The molecule has 90 valence electrons. The van der Waals surface area contributed by atoms with Crippen molar-refractivity contribution in [2.24, 2.45) is 5.92 Å². The summed E-state index contributed by atoms with van der Waals surface area (Å²) in [5.41, 5.74) is 0. The fourth-order valence-corrected chi connectivity index (χ4v) is 1.61. The predicted molar refractivity (Wildman–Crippen MR) is 64.8 cm³/mol. The van der Waals surface area contributed by atoms with E-state index in [-0.39, 0.29) is 11.9 Å². The van der Waals surface area contributed by atoms with Crippen molar-refractivity contribution in [2.45, 2.75) is 52.6 Å². The van der Waals surface area contributed by atoms with E-state index in [0.29, 0.717) is 12.0 Å². The highest BCUT2D eigenvalue weighted by atomic mass is 16.2. The zero-order valence-corrected chi connectivity index (χ0v) is 11.0. The average Bonchev–Trinajstić information content (AvgIpc) is 2.18. The number of hydrogen-bond donors (Lipinski definition) is 1. The second-order valence-corrected chi connectivity index (χ2v) is 4.63. The zero-order valence-electron chi connectivity index (χ0n) is 11.0. The topological polar surface area (TPSA) is 32.3 Å². The normalized spacial score (nSPS) is 13.3. The fraction of sp³-hybridized carbons (Fsp3) is 0.917. The monoisotopic (exact) mass is 214 g/mol. The van der Waals surface area contributed by atoms with Crippen molar-refractivity contribution in [2.75, 3.05) is 14.1 Å². The van der Waals surface area contributed by atoms with Gasteiger partial charge in [-0.25, -0.2) is 0 Å². The third kappa shape index (κ3) is 4.65. The fourth-order valence-electron chi connectivity index (χ4n) is 1.61. The van der Waals surface area contributed by atoms with E-state index in [1.165, 1.54) is 0 Å². The average molecular weight is 214 g/mol. The molecule has 0 saturated heterocycles. The molecule has 3 nitrogen and oxygen atoms in total. The van der Waals surface area contributed by atoms with Gasteiger partial charge in [0.25, 0.3) is 0 Å². The summed E-state index contributed by atoms with van der Waals surface area (Å²) in [6.45, 7) is 8.47. The second kappa shape index (κ2) is 6.83. The molecule has 0 rings (SSSR count). The summed E-state index contributed by atoms with van der Waals surface area (Å²) in [5.74, 6) is 0.511. The molecule has 0 aliphatic carbocycles. The van der Waals surface area contributed by atoms with E-state index in [0.717, 1.165) is 12.8 Å². The number of nitrogens with one attached hydrogen (secondary N) is 1. The Labute approximate surface area is 94.2 Å². The van der Waals surface area contributed by atoms with Gasteiger partial charge < -0.3 is 10.2 Å². The van der Waals surface area contributed by atoms with Gasteiger partial charge in [-0.1, -0.05) is 27.7 Å². The molecule has 1 N–H and O–H groups in total. The summed E-state index contributed by atoms with van der Waals surface area (Å²) in [7, 11) is 3.62. The maximum atomic E-state index is 11.9. The van der Waals surface area contributed by atoms with Crippen molar-refractivity contribution in [1.29, 1.82) is 0 Å². The van der Waals surface area contributed by atoms with Crippen molar-refractivity contribution in [1.82, 2.24) is 10.2 Å². The summed E-state index contributed by atoms with van der Waals surface area (Å²) >= 11 is 0. The van der Waals surface area contributed by atoms with Crippen LogP contribution >= 0.6 is 0 Å². The van der Waals surface area contributed by atoms with Crippen molar-refractivity contribution < 1.29 is 4.79 Å². The summed E-state index contributed by atoms with van der Waals surface area (Å²) < 4.78 is 0.